The molecule has 4 aromatic heterocycles. The molecule has 0 saturated heterocycles. The summed E-state index contributed by atoms with van der Waals surface area (Å²) in [6.45, 7) is 10.0. The number of hydrogen-bond donors (Lipinski definition) is 0. The van der Waals surface area contributed by atoms with Gasteiger partial charge in [0, 0.05) is 59.2 Å². The quantitative estimate of drug-likeness (QED) is 0.153. The molecule has 8 rings (SSSR count). The maximum atomic E-state index is 12.8. The summed E-state index contributed by atoms with van der Waals surface area (Å²) >= 11 is 3.12. The molecule has 52 heavy (non-hydrogen) atoms. The monoisotopic (exact) mass is 724 g/mol. The van der Waals surface area contributed by atoms with Crippen LogP contribution < -0.4 is 11.1 Å². The van der Waals surface area contributed by atoms with Crippen LogP contribution in [0.15, 0.2) is 58.4 Å². The van der Waals surface area contributed by atoms with Gasteiger partial charge in [-0.2, -0.15) is 0 Å². The van der Waals surface area contributed by atoms with Gasteiger partial charge in [-0.3, -0.25) is 18.7 Å². The minimum Gasteiger partial charge on any atom is -0.296 e. The molecule has 0 aliphatic carbocycles. The Morgan fingerprint density at radius 3 is 1.63 bits per heavy atom. The SMILES string of the molecule is C#Cc1ccc2c(=O)n3c(nc2c1)CCC(C)CC3.C#Cc1ncc(C)s1.Cc1cnc(C#Cc2ccc3c(=O)n4c(nc3c2)CCC(C)CC4)s1. The summed E-state index contributed by atoms with van der Waals surface area (Å²) in [7, 11) is 0. The maximum Gasteiger partial charge on any atom is 0.261 e. The Labute approximate surface area is 312 Å². The molecule has 2 atom stereocenters. The predicted octanol–water partition coefficient (Wildman–Crippen LogP) is 7.32. The van der Waals surface area contributed by atoms with E-state index in [4.69, 9.17) is 17.8 Å². The Hall–Kier alpha value is -5.34. The van der Waals surface area contributed by atoms with Crippen LogP contribution in [0.1, 0.15) is 82.1 Å². The molecular formula is C42H40N6O2S2. The van der Waals surface area contributed by atoms with E-state index in [0.717, 1.165) is 105 Å². The molecular weight excluding hydrogens is 685 g/mol. The fourth-order valence-corrected chi connectivity index (χ4v) is 7.44. The largest absolute Gasteiger partial charge is 0.296 e. The van der Waals surface area contributed by atoms with Crippen molar-refractivity contribution in [3.05, 3.63) is 112 Å². The second-order valence-corrected chi connectivity index (χ2v) is 15.9. The van der Waals surface area contributed by atoms with Crippen LogP contribution >= 0.6 is 22.7 Å². The minimum absolute atomic E-state index is 0.0673. The summed E-state index contributed by atoms with van der Waals surface area (Å²) < 4.78 is 3.69. The third kappa shape index (κ3) is 8.57. The molecule has 0 N–H and O–H groups in total. The van der Waals surface area contributed by atoms with E-state index in [-0.39, 0.29) is 11.1 Å². The molecule has 2 aliphatic heterocycles. The van der Waals surface area contributed by atoms with E-state index in [2.05, 4.69) is 52.5 Å². The lowest BCUT2D eigenvalue weighted by Gasteiger charge is -2.10. The number of aryl methyl sites for hydroxylation is 4. The normalized spacial score (nSPS) is 16.2. The van der Waals surface area contributed by atoms with E-state index in [0.29, 0.717) is 22.6 Å². The highest BCUT2D eigenvalue weighted by atomic mass is 32.1. The molecule has 0 fully saturated rings. The number of thiazole rings is 2. The zero-order valence-corrected chi connectivity index (χ0v) is 31.5. The lowest BCUT2D eigenvalue weighted by Crippen LogP contribution is -2.24. The van der Waals surface area contributed by atoms with E-state index >= 15 is 0 Å². The number of fused-ring (bicyclic) bond motifs is 4. The van der Waals surface area contributed by atoms with E-state index in [9.17, 15) is 9.59 Å². The zero-order valence-electron chi connectivity index (χ0n) is 29.9. The van der Waals surface area contributed by atoms with Gasteiger partial charge in [-0.15, -0.1) is 35.5 Å². The Balaban J connectivity index is 0.000000151. The lowest BCUT2D eigenvalue weighted by atomic mass is 10.0. The van der Waals surface area contributed by atoms with Crippen LogP contribution in [0.2, 0.25) is 0 Å². The summed E-state index contributed by atoms with van der Waals surface area (Å²) in [6, 6.07) is 11.1. The van der Waals surface area contributed by atoms with Gasteiger partial charge < -0.3 is 0 Å². The van der Waals surface area contributed by atoms with Crippen LogP contribution in [-0.4, -0.2) is 29.1 Å². The van der Waals surface area contributed by atoms with Crippen LogP contribution in [-0.2, 0) is 25.9 Å². The van der Waals surface area contributed by atoms with Crippen molar-refractivity contribution >= 4 is 44.5 Å². The van der Waals surface area contributed by atoms with E-state index in [1.165, 1.54) is 0 Å². The summed E-state index contributed by atoms with van der Waals surface area (Å²) in [5.41, 5.74) is 3.24. The molecule has 8 nitrogen and oxygen atoms in total. The number of benzene rings is 2. The fourth-order valence-electron chi connectivity index (χ4n) is 6.24. The molecule has 262 valence electrons. The molecule has 6 aromatic rings. The van der Waals surface area contributed by atoms with Crippen molar-refractivity contribution in [1.82, 2.24) is 29.1 Å². The van der Waals surface area contributed by atoms with Gasteiger partial charge in [0.25, 0.3) is 11.1 Å². The van der Waals surface area contributed by atoms with Crippen molar-refractivity contribution in [3.63, 3.8) is 0 Å². The summed E-state index contributed by atoms with van der Waals surface area (Å²) in [6.07, 6.45) is 20.1. The Morgan fingerprint density at radius 1 is 0.673 bits per heavy atom. The average molecular weight is 725 g/mol. The number of aromatic nitrogens is 6. The molecule has 0 bridgehead atoms. The van der Waals surface area contributed by atoms with Crippen molar-refractivity contribution < 1.29 is 0 Å². The van der Waals surface area contributed by atoms with Crippen LogP contribution in [0.25, 0.3) is 21.8 Å². The van der Waals surface area contributed by atoms with Gasteiger partial charge in [-0.05, 0) is 99.6 Å². The molecule has 2 aliphatic rings. The molecule has 2 unspecified atom stereocenters. The Kier molecular flexibility index (Phi) is 11.5. The smallest absolute Gasteiger partial charge is 0.261 e. The van der Waals surface area contributed by atoms with Crippen molar-refractivity contribution in [1.29, 1.82) is 0 Å². The van der Waals surface area contributed by atoms with Gasteiger partial charge in [0.1, 0.15) is 11.6 Å². The summed E-state index contributed by atoms with van der Waals surface area (Å²) in [4.78, 5) is 45.2. The van der Waals surface area contributed by atoms with Crippen LogP contribution in [0, 0.1) is 62.2 Å². The van der Waals surface area contributed by atoms with Crippen molar-refractivity contribution in [2.45, 2.75) is 79.3 Å². The van der Waals surface area contributed by atoms with Gasteiger partial charge in [0.05, 0.1) is 21.8 Å². The molecule has 0 saturated carbocycles. The molecule has 2 aromatic carbocycles. The Morgan fingerprint density at radius 2 is 1.17 bits per heavy atom. The first-order valence-corrected chi connectivity index (χ1v) is 19.1. The highest BCUT2D eigenvalue weighted by molar-refractivity contribution is 7.12. The second-order valence-electron chi connectivity index (χ2n) is 13.4. The van der Waals surface area contributed by atoms with Crippen molar-refractivity contribution in [2.75, 3.05) is 0 Å². The van der Waals surface area contributed by atoms with Crippen molar-refractivity contribution in [3.8, 4) is 36.5 Å². The minimum atomic E-state index is 0.0673. The topological polar surface area (TPSA) is 95.6 Å². The molecule has 6 heterocycles. The zero-order chi connectivity index (χ0) is 36.8. The third-order valence-electron chi connectivity index (χ3n) is 9.33. The summed E-state index contributed by atoms with van der Waals surface area (Å²) in [5.74, 6) is 14.3. The standard InChI is InChI=1S/C20H19N3OS.C16H16N2O.C6H5NS/c1-13-3-7-18-22-17-11-15(5-8-19-21-12-14(2)25-19)4-6-16(17)20(24)23(18)10-9-13;1-3-12-5-6-13-14(10-12)17-15-7-4-11(2)8-9-18(15)16(13)19;1-3-6-7-4-5(2)8-6/h4,6,11-13H,3,7,9-10H2,1-2H3;1,5-6,10-11H,4,7-9H2,2H3;1,4H,2H3. The van der Waals surface area contributed by atoms with Crippen LogP contribution in [0.5, 0.6) is 0 Å². The maximum absolute atomic E-state index is 12.8. The third-order valence-corrected chi connectivity index (χ3v) is 11.0. The van der Waals surface area contributed by atoms with E-state index in [1.807, 2.05) is 53.4 Å². The number of terminal acetylenes is 2. The Bertz CT molecular complexity index is 2530. The van der Waals surface area contributed by atoms with E-state index in [1.54, 1.807) is 41.0 Å². The number of hydrogen-bond acceptors (Lipinski definition) is 8. The van der Waals surface area contributed by atoms with E-state index < -0.39 is 0 Å². The van der Waals surface area contributed by atoms with Gasteiger partial charge >= 0.3 is 0 Å². The highest BCUT2D eigenvalue weighted by Crippen LogP contribution is 2.21. The van der Waals surface area contributed by atoms with Gasteiger partial charge in [0.15, 0.2) is 10.0 Å². The predicted molar refractivity (Wildman–Crippen MR) is 212 cm³/mol. The number of nitrogens with zero attached hydrogens (tertiary/aromatic N) is 6. The van der Waals surface area contributed by atoms with Crippen LogP contribution in [0.3, 0.4) is 0 Å². The summed E-state index contributed by atoms with van der Waals surface area (Å²) in [5, 5.41) is 2.91. The number of rotatable bonds is 0. The highest BCUT2D eigenvalue weighted by Gasteiger charge is 2.18. The second kappa shape index (κ2) is 16.3. The first kappa shape index (κ1) is 36.5. The van der Waals surface area contributed by atoms with Gasteiger partial charge in [-0.1, -0.05) is 25.7 Å². The van der Waals surface area contributed by atoms with Gasteiger partial charge in [0.2, 0.25) is 0 Å². The molecule has 10 heteroatoms. The molecule has 0 radical (unpaired) electrons. The fraction of sp³-hybridized carbons (Fsp3) is 0.333. The first-order valence-electron chi connectivity index (χ1n) is 17.5. The average Bonchev–Trinajstić information content (AvgIpc) is 3.66. The first-order chi connectivity index (χ1) is 25.1. The lowest BCUT2D eigenvalue weighted by molar-refractivity contribution is 0.484. The molecule has 0 amide bonds. The van der Waals surface area contributed by atoms with Gasteiger partial charge in [-0.25, -0.2) is 19.9 Å². The molecule has 0 spiro atoms. The van der Waals surface area contributed by atoms with Crippen LogP contribution in [0.4, 0.5) is 0 Å². The van der Waals surface area contributed by atoms with Crippen molar-refractivity contribution in [2.24, 2.45) is 11.8 Å².